The molecular weight excluding hydrogens is 267 g/mol. The van der Waals surface area contributed by atoms with Crippen LogP contribution in [0.3, 0.4) is 0 Å². The minimum atomic E-state index is -1.08. The second-order valence-corrected chi connectivity index (χ2v) is 2.90. The molecule has 0 atom stereocenters. The Morgan fingerprint density at radius 2 is 1.50 bits per heavy atom. The summed E-state index contributed by atoms with van der Waals surface area (Å²) in [7, 11) is 1.84. The van der Waals surface area contributed by atoms with Crippen molar-refractivity contribution in [2.45, 2.75) is 26.7 Å². The molecule has 0 aromatic heterocycles. The molecule has 1 saturated heterocycles. The number of nitrogens with zero attached hydrogens (tertiary/aromatic N) is 1. The average molecular weight is 283 g/mol. The van der Waals surface area contributed by atoms with Crippen LogP contribution in [0.1, 0.15) is 26.7 Å². The van der Waals surface area contributed by atoms with Gasteiger partial charge in [-0.25, -0.2) is 0 Å². The molecule has 1 amide bonds. The molecule has 0 aliphatic carbocycles. The first kappa shape index (κ1) is 20.4. The zero-order valence-electron chi connectivity index (χ0n) is 9.82. The van der Waals surface area contributed by atoms with Crippen molar-refractivity contribution in [3.8, 4) is 0 Å². The number of rotatable bonds is 0. The summed E-state index contributed by atoms with van der Waals surface area (Å²) in [6, 6.07) is 0. The van der Waals surface area contributed by atoms with Gasteiger partial charge in [0, 0.05) is 32.0 Å². The molecule has 0 aromatic carbocycles. The Bertz CT molecular complexity index is 212. The number of hydrogen-bond acceptors (Lipinski definition) is 5. The van der Waals surface area contributed by atoms with Crippen molar-refractivity contribution in [2.24, 2.45) is 0 Å². The van der Waals surface area contributed by atoms with Gasteiger partial charge < -0.3 is 24.7 Å². The fourth-order valence-electron chi connectivity index (χ4n) is 0.783. The molecule has 0 spiro atoms. The normalized spacial score (nSPS) is 12.4. The van der Waals surface area contributed by atoms with E-state index in [0.717, 1.165) is 33.2 Å². The van der Waals surface area contributed by atoms with Crippen LogP contribution in [0.5, 0.6) is 0 Å². The molecular formula is C9H15NO5Zn. The third kappa shape index (κ3) is 23.1. The number of carboxylic acids is 2. The van der Waals surface area contributed by atoms with E-state index in [1.54, 1.807) is 4.90 Å². The maximum Gasteiger partial charge on any atom is 2.00 e. The second-order valence-electron chi connectivity index (χ2n) is 2.90. The first-order valence-electron chi connectivity index (χ1n) is 4.36. The number of aliphatic carboxylic acids is 2. The summed E-state index contributed by atoms with van der Waals surface area (Å²) >= 11 is 0. The van der Waals surface area contributed by atoms with Gasteiger partial charge in [0.1, 0.15) is 0 Å². The Kier molecular flexibility index (Phi) is 15.5. The largest absolute Gasteiger partial charge is 2.00 e. The second kappa shape index (κ2) is 12.1. The summed E-state index contributed by atoms with van der Waals surface area (Å²) in [5.41, 5.74) is 0. The average Bonchev–Trinajstić information content (AvgIpc) is 2.33. The SMILES string of the molecule is CC(=O)[O-].CC(=O)[O-].CN1CCCC1=O.[Zn+2]. The minimum absolute atomic E-state index is 0. The summed E-state index contributed by atoms with van der Waals surface area (Å²) in [6.07, 6.45) is 1.81. The van der Waals surface area contributed by atoms with E-state index in [4.69, 9.17) is 19.8 Å². The Morgan fingerprint density at radius 3 is 1.56 bits per heavy atom. The van der Waals surface area contributed by atoms with Crippen LogP contribution in [0.25, 0.3) is 0 Å². The van der Waals surface area contributed by atoms with E-state index in [-0.39, 0.29) is 19.5 Å². The van der Waals surface area contributed by atoms with Crippen LogP contribution in [-0.2, 0) is 33.9 Å². The summed E-state index contributed by atoms with van der Waals surface area (Å²) in [5.74, 6) is -1.87. The molecule has 1 heterocycles. The minimum Gasteiger partial charge on any atom is -0.550 e. The molecule has 0 saturated carbocycles. The first-order chi connectivity index (χ1) is 6.77. The molecule has 0 aromatic rings. The van der Waals surface area contributed by atoms with E-state index < -0.39 is 11.9 Å². The summed E-state index contributed by atoms with van der Waals surface area (Å²) in [4.78, 5) is 30.0. The Labute approximate surface area is 107 Å². The summed E-state index contributed by atoms with van der Waals surface area (Å²) < 4.78 is 0. The van der Waals surface area contributed by atoms with Gasteiger partial charge in [-0.3, -0.25) is 4.79 Å². The number of hydrogen-bond donors (Lipinski definition) is 0. The van der Waals surface area contributed by atoms with Gasteiger partial charge in [-0.1, -0.05) is 0 Å². The topological polar surface area (TPSA) is 101 Å². The van der Waals surface area contributed by atoms with Crippen LogP contribution in [0.2, 0.25) is 0 Å². The van der Waals surface area contributed by atoms with Crippen LogP contribution in [0.4, 0.5) is 0 Å². The Morgan fingerprint density at radius 1 is 1.19 bits per heavy atom. The van der Waals surface area contributed by atoms with Crippen LogP contribution in [-0.4, -0.2) is 36.3 Å². The predicted molar refractivity (Wildman–Crippen MR) is 48.2 cm³/mol. The molecule has 1 aliphatic rings. The molecule has 1 aliphatic heterocycles. The fraction of sp³-hybridized carbons (Fsp3) is 0.667. The third-order valence-corrected chi connectivity index (χ3v) is 1.31. The molecule has 0 radical (unpaired) electrons. The Hall–Kier alpha value is -0.967. The van der Waals surface area contributed by atoms with Gasteiger partial charge in [0.05, 0.1) is 0 Å². The molecule has 88 valence electrons. The van der Waals surface area contributed by atoms with Gasteiger partial charge in [-0.2, -0.15) is 0 Å². The zero-order chi connectivity index (χ0) is 12.4. The van der Waals surface area contributed by atoms with Crippen molar-refractivity contribution in [3.63, 3.8) is 0 Å². The van der Waals surface area contributed by atoms with Crippen LogP contribution in [0.15, 0.2) is 0 Å². The van der Waals surface area contributed by atoms with Crippen LogP contribution < -0.4 is 10.2 Å². The van der Waals surface area contributed by atoms with Crippen molar-refractivity contribution >= 4 is 17.8 Å². The first-order valence-corrected chi connectivity index (χ1v) is 4.36. The summed E-state index contributed by atoms with van der Waals surface area (Å²) in [5, 5.41) is 17.8. The van der Waals surface area contributed by atoms with Gasteiger partial charge >= 0.3 is 19.5 Å². The molecule has 0 unspecified atom stereocenters. The van der Waals surface area contributed by atoms with Crippen LogP contribution in [0, 0.1) is 0 Å². The number of carbonyl (C=O) groups excluding carboxylic acids is 3. The van der Waals surface area contributed by atoms with E-state index in [1.165, 1.54) is 0 Å². The van der Waals surface area contributed by atoms with Gasteiger partial charge in [0.15, 0.2) is 0 Å². The molecule has 0 bridgehead atoms. The van der Waals surface area contributed by atoms with E-state index in [9.17, 15) is 4.79 Å². The van der Waals surface area contributed by atoms with Crippen LogP contribution >= 0.6 is 0 Å². The van der Waals surface area contributed by atoms with Gasteiger partial charge in [-0.05, 0) is 20.3 Å². The van der Waals surface area contributed by atoms with Gasteiger partial charge in [0.25, 0.3) is 0 Å². The number of carboxylic acid groups (broad SMARTS) is 2. The molecule has 1 rings (SSSR count). The van der Waals surface area contributed by atoms with E-state index >= 15 is 0 Å². The van der Waals surface area contributed by atoms with Gasteiger partial charge in [-0.15, -0.1) is 0 Å². The van der Waals surface area contributed by atoms with Crippen molar-refractivity contribution in [2.75, 3.05) is 13.6 Å². The van der Waals surface area contributed by atoms with E-state index in [2.05, 4.69) is 0 Å². The van der Waals surface area contributed by atoms with Gasteiger partial charge in [0.2, 0.25) is 5.91 Å². The van der Waals surface area contributed by atoms with Crippen molar-refractivity contribution in [1.82, 2.24) is 4.90 Å². The maximum atomic E-state index is 10.5. The molecule has 0 N–H and O–H groups in total. The van der Waals surface area contributed by atoms with Crippen molar-refractivity contribution in [1.29, 1.82) is 0 Å². The smallest absolute Gasteiger partial charge is 0.550 e. The number of likely N-dealkylation sites (tertiary alicyclic amines) is 1. The van der Waals surface area contributed by atoms with Crippen molar-refractivity contribution < 1.29 is 44.1 Å². The Balaban J connectivity index is -0.000000166. The predicted octanol–water partition coefficient (Wildman–Crippen LogP) is -2.25. The standard InChI is InChI=1S/C5H9NO.2C2H4O2.Zn/c1-6-4-2-3-5(6)7;2*1-2(3)4;/h2-4H2,1H3;2*1H3,(H,3,4);/q;;;+2/p-2. The fourth-order valence-corrected chi connectivity index (χ4v) is 0.783. The molecule has 7 heteroatoms. The number of amides is 1. The maximum absolute atomic E-state index is 10.5. The quantitative estimate of drug-likeness (QED) is 0.467. The number of carbonyl (C=O) groups is 3. The third-order valence-electron chi connectivity index (χ3n) is 1.31. The molecule has 1 fully saturated rings. The molecule has 6 nitrogen and oxygen atoms in total. The monoisotopic (exact) mass is 281 g/mol. The zero-order valence-corrected chi connectivity index (χ0v) is 12.8. The van der Waals surface area contributed by atoms with Crippen molar-refractivity contribution in [3.05, 3.63) is 0 Å². The molecule has 16 heavy (non-hydrogen) atoms. The summed E-state index contributed by atoms with van der Waals surface area (Å²) in [6.45, 7) is 2.90. The van der Waals surface area contributed by atoms with E-state index in [0.29, 0.717) is 5.91 Å². The van der Waals surface area contributed by atoms with E-state index in [1.807, 2.05) is 7.05 Å².